The van der Waals surface area contributed by atoms with Crippen LogP contribution in [-0.2, 0) is 11.2 Å². The van der Waals surface area contributed by atoms with Crippen LogP contribution >= 0.6 is 0 Å². The molecule has 2 aromatic carbocycles. The number of anilines is 1. The molecule has 1 saturated carbocycles. The summed E-state index contributed by atoms with van der Waals surface area (Å²) < 4.78 is 5.24. The first-order chi connectivity index (χ1) is 14.5. The lowest BCUT2D eigenvalue weighted by atomic mass is 10.0. The van der Waals surface area contributed by atoms with Gasteiger partial charge in [0.2, 0.25) is 11.8 Å². The highest BCUT2D eigenvalue weighted by Crippen LogP contribution is 2.32. The van der Waals surface area contributed by atoms with Crippen LogP contribution in [0.1, 0.15) is 61.1 Å². The summed E-state index contributed by atoms with van der Waals surface area (Å²) in [4.78, 5) is 29.5. The molecular formula is C23H26N4O3. The van der Waals surface area contributed by atoms with Crippen molar-refractivity contribution < 1.29 is 14.1 Å². The van der Waals surface area contributed by atoms with Gasteiger partial charge in [0.1, 0.15) is 0 Å². The average molecular weight is 406 g/mol. The molecule has 1 heterocycles. The molecule has 156 valence electrons. The van der Waals surface area contributed by atoms with E-state index in [1.807, 2.05) is 50.2 Å². The van der Waals surface area contributed by atoms with E-state index in [-0.39, 0.29) is 23.7 Å². The molecule has 1 fully saturated rings. The van der Waals surface area contributed by atoms with Crippen LogP contribution in [0.4, 0.5) is 5.69 Å². The van der Waals surface area contributed by atoms with Gasteiger partial charge in [0.15, 0.2) is 5.82 Å². The zero-order chi connectivity index (χ0) is 21.1. The summed E-state index contributed by atoms with van der Waals surface area (Å²) in [6, 6.07) is 11.5. The molecular weight excluding hydrogens is 380 g/mol. The van der Waals surface area contributed by atoms with Crippen LogP contribution in [0.25, 0.3) is 10.8 Å². The molecule has 30 heavy (non-hydrogen) atoms. The van der Waals surface area contributed by atoms with Gasteiger partial charge in [-0.15, -0.1) is 0 Å². The van der Waals surface area contributed by atoms with Crippen LogP contribution in [0, 0.1) is 5.92 Å². The zero-order valence-corrected chi connectivity index (χ0v) is 17.3. The summed E-state index contributed by atoms with van der Waals surface area (Å²) in [7, 11) is 0. The maximum atomic E-state index is 12.9. The normalized spacial score (nSPS) is 13.6. The molecule has 0 saturated heterocycles. The van der Waals surface area contributed by atoms with Crippen LogP contribution in [0.3, 0.4) is 0 Å². The van der Waals surface area contributed by atoms with Crippen LogP contribution < -0.4 is 10.6 Å². The minimum absolute atomic E-state index is 0.0170. The average Bonchev–Trinajstić information content (AvgIpc) is 3.48. The summed E-state index contributed by atoms with van der Waals surface area (Å²) in [5, 5.41) is 11.8. The van der Waals surface area contributed by atoms with Gasteiger partial charge in [-0.1, -0.05) is 43.3 Å². The van der Waals surface area contributed by atoms with Gasteiger partial charge < -0.3 is 15.2 Å². The number of aromatic nitrogens is 2. The van der Waals surface area contributed by atoms with Crippen LogP contribution in [0.2, 0.25) is 0 Å². The van der Waals surface area contributed by atoms with E-state index in [1.165, 1.54) is 0 Å². The van der Waals surface area contributed by atoms with Gasteiger partial charge in [0.05, 0.1) is 11.3 Å². The number of hydrogen-bond acceptors (Lipinski definition) is 5. The Hall–Kier alpha value is -3.22. The molecule has 1 aliphatic carbocycles. The second-order valence-electron chi connectivity index (χ2n) is 8.07. The molecule has 3 aromatic rings. The quantitative estimate of drug-likeness (QED) is 0.550. The number of rotatable bonds is 8. The third-order valence-corrected chi connectivity index (χ3v) is 5.19. The summed E-state index contributed by atoms with van der Waals surface area (Å²) in [6.45, 7) is 4.50. The van der Waals surface area contributed by atoms with Crippen molar-refractivity contribution in [3.05, 3.63) is 53.7 Å². The van der Waals surface area contributed by atoms with Crippen LogP contribution in [0.5, 0.6) is 0 Å². The van der Waals surface area contributed by atoms with E-state index in [2.05, 4.69) is 20.8 Å². The molecule has 0 unspecified atom stereocenters. The number of nitrogens with one attached hydrogen (secondary N) is 2. The highest BCUT2D eigenvalue weighted by Gasteiger charge is 2.30. The van der Waals surface area contributed by atoms with Crippen LogP contribution in [-0.4, -0.2) is 28.5 Å². The van der Waals surface area contributed by atoms with Gasteiger partial charge in [0.25, 0.3) is 5.91 Å². The van der Waals surface area contributed by atoms with Gasteiger partial charge in [-0.2, -0.15) is 4.98 Å². The maximum Gasteiger partial charge on any atom is 0.253 e. The molecule has 0 aliphatic heterocycles. The lowest BCUT2D eigenvalue weighted by Gasteiger charge is -2.13. The smallest absolute Gasteiger partial charge is 0.253 e. The van der Waals surface area contributed by atoms with E-state index in [9.17, 15) is 9.59 Å². The number of amides is 2. The molecule has 0 radical (unpaired) electrons. The minimum Gasteiger partial charge on any atom is -0.352 e. The lowest BCUT2D eigenvalue weighted by Crippen LogP contribution is -2.26. The Labute approximate surface area is 175 Å². The Balaban J connectivity index is 1.42. The van der Waals surface area contributed by atoms with Crippen molar-refractivity contribution in [1.82, 2.24) is 15.5 Å². The van der Waals surface area contributed by atoms with E-state index in [0.717, 1.165) is 23.6 Å². The van der Waals surface area contributed by atoms with Crippen molar-refractivity contribution in [3.8, 4) is 0 Å². The number of fused-ring (bicyclic) bond motifs is 1. The summed E-state index contributed by atoms with van der Waals surface area (Å²) in [6.07, 6.45) is 3.11. The standard InChI is InChI=1S/C23H26N4O3/c1-14(2)21-26-20(30-27-21)8-5-11-24-23(29)18-12-16-6-3-4-7-17(16)13-19(18)25-22(28)15-9-10-15/h3-4,6-7,12-15H,5,8-11H2,1-2H3,(H,24,29)(H,25,28). The molecule has 0 spiro atoms. The zero-order valence-electron chi connectivity index (χ0n) is 17.3. The molecule has 7 heteroatoms. The molecule has 0 bridgehead atoms. The molecule has 0 atom stereocenters. The topological polar surface area (TPSA) is 97.1 Å². The van der Waals surface area contributed by atoms with Crippen molar-refractivity contribution in [1.29, 1.82) is 0 Å². The highest BCUT2D eigenvalue weighted by atomic mass is 16.5. The van der Waals surface area contributed by atoms with E-state index in [4.69, 9.17) is 4.52 Å². The van der Waals surface area contributed by atoms with Crippen LogP contribution in [0.15, 0.2) is 40.9 Å². The molecule has 7 nitrogen and oxygen atoms in total. The first-order valence-electron chi connectivity index (χ1n) is 10.5. The van der Waals surface area contributed by atoms with E-state index >= 15 is 0 Å². The summed E-state index contributed by atoms with van der Waals surface area (Å²) >= 11 is 0. The number of nitrogens with zero attached hydrogens (tertiary/aromatic N) is 2. The second kappa shape index (κ2) is 8.65. The number of carbonyl (C=O) groups is 2. The Morgan fingerprint density at radius 1 is 1.17 bits per heavy atom. The third kappa shape index (κ3) is 4.67. The highest BCUT2D eigenvalue weighted by molar-refractivity contribution is 6.08. The SMILES string of the molecule is CC(C)c1noc(CCCNC(=O)c2cc3ccccc3cc2NC(=O)C2CC2)n1. The Bertz CT molecular complexity index is 1070. The van der Waals surface area contributed by atoms with Crippen molar-refractivity contribution in [2.24, 2.45) is 5.92 Å². The fraction of sp³-hybridized carbons (Fsp3) is 0.391. The van der Waals surface area contributed by atoms with Gasteiger partial charge in [-0.25, -0.2) is 0 Å². The first kappa shape index (κ1) is 20.1. The molecule has 2 N–H and O–H groups in total. The molecule has 2 amide bonds. The lowest BCUT2D eigenvalue weighted by molar-refractivity contribution is -0.117. The number of benzene rings is 2. The number of hydrogen-bond donors (Lipinski definition) is 2. The Morgan fingerprint density at radius 3 is 2.57 bits per heavy atom. The first-order valence-corrected chi connectivity index (χ1v) is 10.5. The van der Waals surface area contributed by atoms with Gasteiger partial charge >= 0.3 is 0 Å². The third-order valence-electron chi connectivity index (χ3n) is 5.19. The fourth-order valence-corrected chi connectivity index (χ4v) is 3.25. The van der Waals surface area contributed by atoms with Gasteiger partial charge in [-0.3, -0.25) is 9.59 Å². The van der Waals surface area contributed by atoms with Crippen molar-refractivity contribution in [2.45, 2.75) is 45.4 Å². The maximum absolute atomic E-state index is 12.9. The van der Waals surface area contributed by atoms with Crippen molar-refractivity contribution in [2.75, 3.05) is 11.9 Å². The fourth-order valence-electron chi connectivity index (χ4n) is 3.25. The van der Waals surface area contributed by atoms with E-state index in [1.54, 1.807) is 0 Å². The second-order valence-corrected chi connectivity index (χ2v) is 8.07. The monoisotopic (exact) mass is 406 g/mol. The van der Waals surface area contributed by atoms with Gasteiger partial charge in [-0.05, 0) is 42.2 Å². The molecule has 4 rings (SSSR count). The predicted octanol–water partition coefficient (Wildman–Crippen LogP) is 4.06. The summed E-state index contributed by atoms with van der Waals surface area (Å²) in [5.41, 5.74) is 1.03. The largest absolute Gasteiger partial charge is 0.352 e. The van der Waals surface area contributed by atoms with E-state index in [0.29, 0.717) is 42.4 Å². The summed E-state index contributed by atoms with van der Waals surface area (Å²) in [5.74, 6) is 1.34. The minimum atomic E-state index is -0.208. The predicted molar refractivity (Wildman–Crippen MR) is 114 cm³/mol. The number of aryl methyl sites for hydroxylation is 1. The number of carbonyl (C=O) groups excluding carboxylic acids is 2. The molecule has 1 aliphatic rings. The molecule has 1 aromatic heterocycles. The Kier molecular flexibility index (Phi) is 5.79. The van der Waals surface area contributed by atoms with Crippen molar-refractivity contribution >= 4 is 28.3 Å². The van der Waals surface area contributed by atoms with Crippen molar-refractivity contribution in [3.63, 3.8) is 0 Å². The Morgan fingerprint density at radius 2 is 1.90 bits per heavy atom. The van der Waals surface area contributed by atoms with E-state index < -0.39 is 0 Å². The van der Waals surface area contributed by atoms with Gasteiger partial charge in [0, 0.05) is 24.8 Å².